The summed E-state index contributed by atoms with van der Waals surface area (Å²) in [7, 11) is 0. The fourth-order valence-corrected chi connectivity index (χ4v) is 2.47. The molecular weight excluding hydrogens is 226 g/mol. The maximum absolute atomic E-state index is 5.40. The van der Waals surface area contributed by atoms with Crippen LogP contribution in [0, 0.1) is 6.92 Å². The van der Waals surface area contributed by atoms with E-state index in [4.69, 9.17) is 4.74 Å². The number of hydrogen-bond acceptors (Lipinski definition) is 4. The summed E-state index contributed by atoms with van der Waals surface area (Å²) in [5.41, 5.74) is 2.19. The van der Waals surface area contributed by atoms with Crippen molar-refractivity contribution in [2.45, 2.75) is 32.6 Å². The predicted molar refractivity (Wildman–Crippen MR) is 71.7 cm³/mol. The van der Waals surface area contributed by atoms with E-state index in [-0.39, 0.29) is 0 Å². The van der Waals surface area contributed by atoms with Crippen molar-refractivity contribution >= 4 is 0 Å². The molecule has 0 unspecified atom stereocenters. The van der Waals surface area contributed by atoms with Gasteiger partial charge in [-0.2, -0.15) is 0 Å². The average Bonchev–Trinajstić information content (AvgIpc) is 2.40. The zero-order chi connectivity index (χ0) is 12.8. The highest BCUT2D eigenvalue weighted by Gasteiger charge is 2.21. The van der Waals surface area contributed by atoms with Crippen LogP contribution in [0.5, 0.6) is 0 Å². The third kappa shape index (κ3) is 3.75. The van der Waals surface area contributed by atoms with E-state index in [0.29, 0.717) is 5.92 Å². The van der Waals surface area contributed by atoms with Crippen molar-refractivity contribution in [3.63, 3.8) is 0 Å². The maximum atomic E-state index is 5.40. The highest BCUT2D eigenvalue weighted by Crippen LogP contribution is 2.25. The van der Waals surface area contributed by atoms with Gasteiger partial charge in [0, 0.05) is 31.5 Å². The van der Waals surface area contributed by atoms with Gasteiger partial charge in [0.15, 0.2) is 0 Å². The number of ether oxygens (including phenoxy) is 1. The van der Waals surface area contributed by atoms with E-state index in [1.165, 1.54) is 18.5 Å². The van der Waals surface area contributed by atoms with Crippen LogP contribution in [0.1, 0.15) is 37.1 Å². The molecule has 1 saturated heterocycles. The lowest BCUT2D eigenvalue weighted by Crippen LogP contribution is -2.35. The molecule has 0 atom stereocenters. The molecule has 4 heteroatoms. The lowest BCUT2D eigenvalue weighted by atomic mass is 9.94. The Morgan fingerprint density at radius 2 is 2.11 bits per heavy atom. The molecule has 1 aromatic heterocycles. The van der Waals surface area contributed by atoms with Crippen LogP contribution < -0.4 is 0 Å². The second kappa shape index (κ2) is 6.81. The van der Waals surface area contributed by atoms with Gasteiger partial charge in [0.25, 0.3) is 0 Å². The average molecular weight is 249 g/mol. The molecule has 2 rings (SSSR count). The summed E-state index contributed by atoms with van der Waals surface area (Å²) in [6.07, 6.45) is 6.11. The summed E-state index contributed by atoms with van der Waals surface area (Å²) in [4.78, 5) is 11.3. The van der Waals surface area contributed by atoms with Gasteiger partial charge < -0.3 is 9.64 Å². The topological polar surface area (TPSA) is 38.2 Å². The molecular formula is C14H23N3O. The smallest absolute Gasteiger partial charge is 0.0621 e. The second-order valence-corrected chi connectivity index (χ2v) is 4.90. The molecule has 18 heavy (non-hydrogen) atoms. The highest BCUT2D eigenvalue weighted by atomic mass is 16.5. The fraction of sp³-hybridized carbons (Fsp3) is 0.714. The summed E-state index contributed by atoms with van der Waals surface area (Å²) in [5, 5.41) is 0. The normalized spacial score (nSPS) is 18.1. The van der Waals surface area contributed by atoms with Crippen LogP contribution in [-0.4, -0.2) is 47.7 Å². The van der Waals surface area contributed by atoms with Crippen LogP contribution in [0.3, 0.4) is 0 Å². The van der Waals surface area contributed by atoms with Gasteiger partial charge in [-0.15, -0.1) is 0 Å². The van der Waals surface area contributed by atoms with E-state index in [1.807, 2.05) is 26.2 Å². The maximum Gasteiger partial charge on any atom is 0.0621 e. The van der Waals surface area contributed by atoms with E-state index in [1.54, 1.807) is 0 Å². The third-order valence-corrected chi connectivity index (χ3v) is 3.54. The number of aromatic nitrogens is 2. The van der Waals surface area contributed by atoms with Crippen LogP contribution in [-0.2, 0) is 4.74 Å². The van der Waals surface area contributed by atoms with E-state index in [2.05, 4.69) is 14.9 Å². The number of piperidine rings is 1. The quantitative estimate of drug-likeness (QED) is 0.748. The fourth-order valence-electron chi connectivity index (χ4n) is 2.47. The lowest BCUT2D eigenvalue weighted by Gasteiger charge is -2.31. The molecule has 2 heterocycles. The van der Waals surface area contributed by atoms with Gasteiger partial charge in [-0.1, -0.05) is 0 Å². The van der Waals surface area contributed by atoms with Crippen molar-refractivity contribution in [1.29, 1.82) is 0 Å². The van der Waals surface area contributed by atoms with Crippen LogP contribution in [0.4, 0.5) is 0 Å². The van der Waals surface area contributed by atoms with Crippen LogP contribution >= 0.6 is 0 Å². The zero-order valence-electron chi connectivity index (χ0n) is 11.4. The minimum absolute atomic E-state index is 0.584. The molecule has 0 saturated carbocycles. The van der Waals surface area contributed by atoms with Gasteiger partial charge in [0.05, 0.1) is 18.0 Å². The lowest BCUT2D eigenvalue weighted by molar-refractivity contribution is 0.102. The van der Waals surface area contributed by atoms with Crippen LogP contribution in [0.25, 0.3) is 0 Å². The largest absolute Gasteiger partial charge is 0.380 e. The molecule has 4 nitrogen and oxygen atoms in total. The third-order valence-electron chi connectivity index (χ3n) is 3.54. The van der Waals surface area contributed by atoms with Crippen molar-refractivity contribution in [3.05, 3.63) is 23.8 Å². The molecule has 1 aliphatic heterocycles. The first-order valence-corrected chi connectivity index (χ1v) is 6.88. The van der Waals surface area contributed by atoms with Gasteiger partial charge in [-0.25, -0.2) is 0 Å². The van der Waals surface area contributed by atoms with E-state index in [9.17, 15) is 0 Å². The Bertz CT molecular complexity index is 362. The van der Waals surface area contributed by atoms with E-state index in [0.717, 1.165) is 38.5 Å². The Hall–Kier alpha value is -1.00. The summed E-state index contributed by atoms with van der Waals surface area (Å²) in [6, 6.07) is 0. The van der Waals surface area contributed by atoms with Crippen molar-refractivity contribution in [1.82, 2.24) is 14.9 Å². The minimum Gasteiger partial charge on any atom is -0.380 e. The van der Waals surface area contributed by atoms with E-state index >= 15 is 0 Å². The molecule has 0 amide bonds. The van der Waals surface area contributed by atoms with Crippen LogP contribution in [0.2, 0.25) is 0 Å². The summed E-state index contributed by atoms with van der Waals surface area (Å²) in [6.45, 7) is 9.07. The van der Waals surface area contributed by atoms with Crippen molar-refractivity contribution < 1.29 is 4.74 Å². The SMILES string of the molecule is CCOCCN1CCC(c2cncc(C)n2)CC1. The first-order valence-electron chi connectivity index (χ1n) is 6.88. The van der Waals surface area contributed by atoms with Gasteiger partial charge in [0.2, 0.25) is 0 Å². The van der Waals surface area contributed by atoms with Crippen molar-refractivity contribution in [2.75, 3.05) is 32.8 Å². The van der Waals surface area contributed by atoms with Gasteiger partial charge in [0.1, 0.15) is 0 Å². The molecule has 0 N–H and O–H groups in total. The molecule has 0 aliphatic carbocycles. The number of hydrogen-bond donors (Lipinski definition) is 0. The predicted octanol–water partition coefficient (Wildman–Crippen LogP) is 2.00. The van der Waals surface area contributed by atoms with E-state index < -0.39 is 0 Å². The first-order chi connectivity index (χ1) is 8.79. The van der Waals surface area contributed by atoms with Gasteiger partial charge >= 0.3 is 0 Å². The Kier molecular flexibility index (Phi) is 5.08. The summed E-state index contributed by atoms with van der Waals surface area (Å²) < 4.78 is 5.40. The van der Waals surface area contributed by atoms with Gasteiger partial charge in [-0.05, 0) is 39.8 Å². The standard InChI is InChI=1S/C14H23N3O/c1-3-18-9-8-17-6-4-13(5-7-17)14-11-15-10-12(2)16-14/h10-11,13H,3-9H2,1-2H3. The molecule has 0 radical (unpaired) electrons. The Balaban J connectivity index is 1.79. The summed E-state index contributed by atoms with van der Waals surface area (Å²) >= 11 is 0. The molecule has 1 aromatic rings. The Labute approximate surface area is 109 Å². The number of rotatable bonds is 5. The van der Waals surface area contributed by atoms with Gasteiger partial charge in [-0.3, -0.25) is 9.97 Å². The van der Waals surface area contributed by atoms with Crippen LogP contribution in [0.15, 0.2) is 12.4 Å². The molecule has 0 bridgehead atoms. The van der Waals surface area contributed by atoms with Crippen molar-refractivity contribution in [2.24, 2.45) is 0 Å². The number of likely N-dealkylation sites (tertiary alicyclic amines) is 1. The number of aryl methyl sites for hydroxylation is 1. The molecule has 0 aromatic carbocycles. The molecule has 1 fully saturated rings. The summed E-state index contributed by atoms with van der Waals surface area (Å²) in [5.74, 6) is 0.584. The Morgan fingerprint density at radius 3 is 2.78 bits per heavy atom. The zero-order valence-corrected chi connectivity index (χ0v) is 11.4. The molecule has 100 valence electrons. The van der Waals surface area contributed by atoms with Crippen molar-refractivity contribution in [3.8, 4) is 0 Å². The Morgan fingerprint density at radius 1 is 1.33 bits per heavy atom. The minimum atomic E-state index is 0.584. The molecule has 1 aliphatic rings. The monoisotopic (exact) mass is 249 g/mol. The molecule has 0 spiro atoms. The first kappa shape index (κ1) is 13.4. The second-order valence-electron chi connectivity index (χ2n) is 4.90. The number of nitrogens with zero attached hydrogens (tertiary/aromatic N) is 3. The highest BCUT2D eigenvalue weighted by molar-refractivity contribution is 5.08.